The highest BCUT2D eigenvalue weighted by Crippen LogP contribution is 2.60. The standard InChI is InChI=1S/C15H24N4/c1-10(16)8-19-9-17-14(18-19)15-5-11-2-12(6-15)4-13(3-11)7-15/h9-13H,2-8,16H2,1H3. The van der Waals surface area contributed by atoms with Crippen molar-refractivity contribution < 1.29 is 0 Å². The van der Waals surface area contributed by atoms with Crippen molar-refractivity contribution >= 4 is 0 Å². The molecule has 4 aliphatic carbocycles. The molecule has 4 fully saturated rings. The van der Waals surface area contributed by atoms with Crippen molar-refractivity contribution in [3.05, 3.63) is 12.2 Å². The van der Waals surface area contributed by atoms with Crippen molar-refractivity contribution in [3.8, 4) is 0 Å². The van der Waals surface area contributed by atoms with E-state index in [1.165, 1.54) is 38.5 Å². The minimum absolute atomic E-state index is 0.144. The average molecular weight is 260 g/mol. The molecular formula is C15H24N4. The molecule has 2 N–H and O–H groups in total. The van der Waals surface area contributed by atoms with Gasteiger partial charge in [0.15, 0.2) is 5.82 Å². The summed E-state index contributed by atoms with van der Waals surface area (Å²) in [5, 5.41) is 4.77. The Balaban J connectivity index is 1.62. The van der Waals surface area contributed by atoms with E-state index >= 15 is 0 Å². The minimum atomic E-state index is 0.144. The zero-order valence-corrected chi connectivity index (χ0v) is 11.8. The van der Waals surface area contributed by atoms with Crippen LogP contribution in [0.1, 0.15) is 51.3 Å². The van der Waals surface area contributed by atoms with Gasteiger partial charge in [-0.1, -0.05) is 0 Å². The first-order valence-electron chi connectivity index (χ1n) is 7.78. The molecule has 0 saturated heterocycles. The molecule has 0 amide bonds. The van der Waals surface area contributed by atoms with Crippen LogP contribution in [-0.4, -0.2) is 20.8 Å². The second-order valence-electron chi connectivity index (χ2n) is 7.47. The average Bonchev–Trinajstić information content (AvgIpc) is 2.75. The quantitative estimate of drug-likeness (QED) is 0.905. The third-order valence-electron chi connectivity index (χ3n) is 5.52. The second kappa shape index (κ2) is 4.05. The van der Waals surface area contributed by atoms with Crippen LogP contribution >= 0.6 is 0 Å². The zero-order chi connectivity index (χ0) is 13.0. The maximum Gasteiger partial charge on any atom is 0.156 e. The Kier molecular flexibility index (Phi) is 2.53. The summed E-state index contributed by atoms with van der Waals surface area (Å²) < 4.78 is 1.94. The van der Waals surface area contributed by atoms with Crippen LogP contribution in [0, 0.1) is 17.8 Å². The molecule has 104 valence electrons. The molecule has 4 aliphatic rings. The molecule has 1 heterocycles. The van der Waals surface area contributed by atoms with E-state index in [1.807, 2.05) is 17.9 Å². The summed E-state index contributed by atoms with van der Waals surface area (Å²) in [5.74, 6) is 3.97. The molecule has 0 spiro atoms. The molecule has 4 heteroatoms. The van der Waals surface area contributed by atoms with Crippen molar-refractivity contribution in [3.63, 3.8) is 0 Å². The van der Waals surface area contributed by atoms with Gasteiger partial charge in [0.05, 0.1) is 6.54 Å². The Bertz CT molecular complexity index is 441. The van der Waals surface area contributed by atoms with Crippen LogP contribution in [0.4, 0.5) is 0 Å². The highest BCUT2D eigenvalue weighted by atomic mass is 15.3. The lowest BCUT2D eigenvalue weighted by Crippen LogP contribution is -2.49. The first-order chi connectivity index (χ1) is 9.13. The predicted molar refractivity (Wildman–Crippen MR) is 73.5 cm³/mol. The monoisotopic (exact) mass is 260 g/mol. The summed E-state index contributed by atoms with van der Waals surface area (Å²) >= 11 is 0. The smallest absolute Gasteiger partial charge is 0.156 e. The molecule has 0 aromatic carbocycles. The molecule has 4 saturated carbocycles. The van der Waals surface area contributed by atoms with Gasteiger partial charge in [0.25, 0.3) is 0 Å². The predicted octanol–water partition coefficient (Wildman–Crippen LogP) is 2.09. The minimum Gasteiger partial charge on any atom is -0.326 e. The molecule has 1 aromatic rings. The number of hydrogen-bond acceptors (Lipinski definition) is 3. The molecule has 4 bridgehead atoms. The van der Waals surface area contributed by atoms with Crippen LogP contribution < -0.4 is 5.73 Å². The van der Waals surface area contributed by atoms with Crippen LogP contribution in [-0.2, 0) is 12.0 Å². The van der Waals surface area contributed by atoms with E-state index in [2.05, 4.69) is 4.98 Å². The lowest BCUT2D eigenvalue weighted by atomic mass is 9.49. The van der Waals surface area contributed by atoms with E-state index in [-0.39, 0.29) is 6.04 Å². The molecule has 1 aromatic heterocycles. The van der Waals surface area contributed by atoms with Crippen molar-refractivity contribution in [1.29, 1.82) is 0 Å². The van der Waals surface area contributed by atoms with E-state index < -0.39 is 0 Å². The van der Waals surface area contributed by atoms with Crippen molar-refractivity contribution in [2.24, 2.45) is 23.5 Å². The fraction of sp³-hybridized carbons (Fsp3) is 0.867. The largest absolute Gasteiger partial charge is 0.326 e. The summed E-state index contributed by atoms with van der Waals surface area (Å²) in [4.78, 5) is 4.66. The van der Waals surface area contributed by atoms with Gasteiger partial charge in [0.2, 0.25) is 0 Å². The Labute approximate surface area is 114 Å². The number of hydrogen-bond donors (Lipinski definition) is 1. The Morgan fingerprint density at radius 3 is 2.37 bits per heavy atom. The van der Waals surface area contributed by atoms with E-state index in [0.29, 0.717) is 5.41 Å². The van der Waals surface area contributed by atoms with Gasteiger partial charge in [-0.05, 0) is 63.2 Å². The van der Waals surface area contributed by atoms with Crippen LogP contribution in [0.5, 0.6) is 0 Å². The molecule has 1 unspecified atom stereocenters. The summed E-state index contributed by atoms with van der Waals surface area (Å²) in [6.07, 6.45) is 10.3. The zero-order valence-electron chi connectivity index (χ0n) is 11.8. The molecule has 4 nitrogen and oxygen atoms in total. The molecule has 5 rings (SSSR count). The number of nitrogens with two attached hydrogens (primary N) is 1. The molecule has 19 heavy (non-hydrogen) atoms. The molecule has 0 aliphatic heterocycles. The maximum atomic E-state index is 5.85. The van der Waals surface area contributed by atoms with Crippen molar-refractivity contribution in [2.75, 3.05) is 0 Å². The first-order valence-corrected chi connectivity index (χ1v) is 7.78. The Hall–Kier alpha value is -0.900. The third-order valence-corrected chi connectivity index (χ3v) is 5.52. The Morgan fingerprint density at radius 2 is 1.84 bits per heavy atom. The number of aromatic nitrogens is 3. The van der Waals surface area contributed by atoms with Gasteiger partial charge in [-0.25, -0.2) is 4.98 Å². The summed E-state index contributed by atoms with van der Waals surface area (Å²) in [6, 6.07) is 0.144. The fourth-order valence-electron chi connectivity index (χ4n) is 5.31. The molecular weight excluding hydrogens is 236 g/mol. The van der Waals surface area contributed by atoms with E-state index in [9.17, 15) is 0 Å². The molecule has 0 radical (unpaired) electrons. The van der Waals surface area contributed by atoms with Gasteiger partial charge in [0.1, 0.15) is 6.33 Å². The fourth-order valence-corrected chi connectivity index (χ4v) is 5.31. The van der Waals surface area contributed by atoms with Gasteiger partial charge in [0, 0.05) is 11.5 Å². The van der Waals surface area contributed by atoms with Crippen LogP contribution in [0.25, 0.3) is 0 Å². The topological polar surface area (TPSA) is 56.7 Å². The normalized spacial score (nSPS) is 41.7. The van der Waals surface area contributed by atoms with Gasteiger partial charge in [-0.3, -0.25) is 4.68 Å². The summed E-state index contributed by atoms with van der Waals surface area (Å²) in [6.45, 7) is 2.80. The van der Waals surface area contributed by atoms with E-state index in [1.54, 1.807) is 0 Å². The Morgan fingerprint density at radius 1 is 1.26 bits per heavy atom. The highest BCUT2D eigenvalue weighted by Gasteiger charge is 2.53. The lowest BCUT2D eigenvalue weighted by molar-refractivity contribution is -0.00945. The SMILES string of the molecule is CC(N)Cn1cnc(C23CC4CC(CC(C4)C2)C3)n1. The molecule has 1 atom stereocenters. The van der Waals surface area contributed by atoms with Gasteiger partial charge < -0.3 is 5.73 Å². The third kappa shape index (κ3) is 1.92. The lowest BCUT2D eigenvalue weighted by Gasteiger charge is -2.55. The van der Waals surface area contributed by atoms with Gasteiger partial charge in [-0.15, -0.1) is 0 Å². The van der Waals surface area contributed by atoms with E-state index in [0.717, 1.165) is 30.1 Å². The van der Waals surface area contributed by atoms with Crippen LogP contribution in [0.15, 0.2) is 6.33 Å². The van der Waals surface area contributed by atoms with E-state index in [4.69, 9.17) is 10.8 Å². The van der Waals surface area contributed by atoms with Crippen LogP contribution in [0.2, 0.25) is 0 Å². The second-order valence-corrected chi connectivity index (χ2v) is 7.47. The number of rotatable bonds is 3. The van der Waals surface area contributed by atoms with Crippen molar-refractivity contribution in [1.82, 2.24) is 14.8 Å². The first kappa shape index (κ1) is 11.9. The number of nitrogens with zero attached hydrogens (tertiary/aromatic N) is 3. The van der Waals surface area contributed by atoms with Crippen LogP contribution in [0.3, 0.4) is 0 Å². The van der Waals surface area contributed by atoms with Gasteiger partial charge >= 0.3 is 0 Å². The highest BCUT2D eigenvalue weighted by molar-refractivity contribution is 5.16. The maximum absolute atomic E-state index is 5.85. The summed E-state index contributed by atoms with van der Waals surface area (Å²) in [5.41, 5.74) is 6.17. The van der Waals surface area contributed by atoms with Gasteiger partial charge in [-0.2, -0.15) is 5.10 Å². The summed E-state index contributed by atoms with van der Waals surface area (Å²) in [7, 11) is 0. The van der Waals surface area contributed by atoms with Crippen molar-refractivity contribution in [2.45, 2.75) is 63.5 Å².